The fourth-order valence-corrected chi connectivity index (χ4v) is 3.91. The van der Waals surface area contributed by atoms with Gasteiger partial charge in [-0.3, -0.25) is 9.69 Å². The van der Waals surface area contributed by atoms with Gasteiger partial charge in [0.25, 0.3) is 5.56 Å². The summed E-state index contributed by atoms with van der Waals surface area (Å²) < 4.78 is 1.66. The maximum atomic E-state index is 11.8. The highest BCUT2D eigenvalue weighted by Crippen LogP contribution is 2.26. The van der Waals surface area contributed by atoms with Gasteiger partial charge in [-0.2, -0.15) is 0 Å². The Morgan fingerprint density at radius 3 is 2.61 bits per heavy atom. The van der Waals surface area contributed by atoms with Crippen LogP contribution < -0.4 is 10.9 Å². The Morgan fingerprint density at radius 2 is 2.00 bits per heavy atom. The van der Waals surface area contributed by atoms with Crippen LogP contribution >= 0.6 is 0 Å². The number of nitrogens with zero attached hydrogens (tertiary/aromatic N) is 2. The van der Waals surface area contributed by atoms with E-state index in [-0.39, 0.29) is 5.56 Å². The maximum absolute atomic E-state index is 11.8. The molecule has 2 aliphatic rings. The first kappa shape index (κ1) is 14.7. The molecule has 1 N–H and O–H groups in total. The highest BCUT2D eigenvalue weighted by Gasteiger charge is 2.37. The fraction of sp³-hybridized carbons (Fsp3) is 0.421. The van der Waals surface area contributed by atoms with Crippen LogP contribution in [0.4, 0.5) is 0 Å². The van der Waals surface area contributed by atoms with Crippen molar-refractivity contribution in [2.75, 3.05) is 13.1 Å². The molecule has 0 spiro atoms. The van der Waals surface area contributed by atoms with Crippen molar-refractivity contribution in [3.63, 3.8) is 0 Å². The molecule has 2 aromatic rings. The molecule has 1 aromatic carbocycles. The molecule has 0 amide bonds. The van der Waals surface area contributed by atoms with E-state index in [1.807, 2.05) is 26.2 Å². The number of benzene rings is 1. The highest BCUT2D eigenvalue weighted by molar-refractivity contribution is 5.63. The summed E-state index contributed by atoms with van der Waals surface area (Å²) in [5, 5.41) is 3.55. The van der Waals surface area contributed by atoms with E-state index in [4.69, 9.17) is 0 Å². The Bertz CT molecular complexity index is 752. The standard InChI is InChI=1S/C19H23N3O/c1-13-7-16(11-21(2)19(13)23)15-5-3-14(4-6-15)10-22-12-17-8-18(22)9-20-17/h3-7,11,17-18,20H,8-10,12H2,1-2H3/t17-,18?/m0/s1. The van der Waals surface area contributed by atoms with E-state index in [0.717, 1.165) is 29.8 Å². The van der Waals surface area contributed by atoms with Gasteiger partial charge in [-0.15, -0.1) is 0 Å². The number of likely N-dealkylation sites (tertiary alicyclic amines) is 1. The largest absolute Gasteiger partial charge is 0.318 e. The van der Waals surface area contributed by atoms with E-state index in [2.05, 4.69) is 34.5 Å². The first-order chi connectivity index (χ1) is 11.1. The van der Waals surface area contributed by atoms with Gasteiger partial charge in [0.15, 0.2) is 0 Å². The summed E-state index contributed by atoms with van der Waals surface area (Å²) in [6.45, 7) is 5.22. The molecule has 1 unspecified atom stereocenters. The molecular weight excluding hydrogens is 286 g/mol. The van der Waals surface area contributed by atoms with Crippen LogP contribution in [0.1, 0.15) is 17.5 Å². The van der Waals surface area contributed by atoms with Crippen LogP contribution in [0.25, 0.3) is 11.1 Å². The van der Waals surface area contributed by atoms with Gasteiger partial charge in [0.2, 0.25) is 0 Å². The Balaban J connectivity index is 1.53. The Hall–Kier alpha value is -1.91. The number of hydrogen-bond acceptors (Lipinski definition) is 3. The third kappa shape index (κ3) is 2.73. The fourth-order valence-electron chi connectivity index (χ4n) is 3.91. The molecule has 2 atom stereocenters. The number of aryl methyl sites for hydroxylation is 2. The van der Waals surface area contributed by atoms with E-state index in [1.54, 1.807) is 4.57 Å². The number of hydrogen-bond donors (Lipinski definition) is 1. The minimum absolute atomic E-state index is 0.0723. The molecule has 4 heteroatoms. The molecule has 23 heavy (non-hydrogen) atoms. The lowest BCUT2D eigenvalue weighted by Gasteiger charge is -2.27. The predicted molar refractivity (Wildman–Crippen MR) is 92.5 cm³/mol. The monoisotopic (exact) mass is 309 g/mol. The second kappa shape index (κ2) is 5.62. The third-order valence-electron chi connectivity index (χ3n) is 5.21. The lowest BCUT2D eigenvalue weighted by Crippen LogP contribution is -2.42. The number of fused-ring (bicyclic) bond motifs is 2. The molecule has 2 fully saturated rings. The molecule has 4 nitrogen and oxygen atoms in total. The SMILES string of the molecule is Cc1cc(-c2ccc(CN3C[C@@H]4CC3CN4)cc2)cn(C)c1=O. The van der Waals surface area contributed by atoms with Gasteiger partial charge in [-0.05, 0) is 36.1 Å². The van der Waals surface area contributed by atoms with Gasteiger partial charge in [0, 0.05) is 50.5 Å². The summed E-state index contributed by atoms with van der Waals surface area (Å²) in [4.78, 5) is 14.4. The van der Waals surface area contributed by atoms with Crippen LogP contribution in [-0.4, -0.2) is 34.6 Å². The summed E-state index contributed by atoms with van der Waals surface area (Å²) in [6.07, 6.45) is 3.21. The molecule has 1 aromatic heterocycles. The van der Waals surface area contributed by atoms with Crippen molar-refractivity contribution < 1.29 is 0 Å². The minimum atomic E-state index is 0.0723. The van der Waals surface area contributed by atoms with Crippen LogP contribution in [0.15, 0.2) is 41.3 Å². The number of piperazine rings is 1. The summed E-state index contributed by atoms with van der Waals surface area (Å²) >= 11 is 0. The Kier molecular flexibility index (Phi) is 3.58. The lowest BCUT2D eigenvalue weighted by atomic mass is 10.0. The Morgan fingerprint density at radius 1 is 1.22 bits per heavy atom. The molecule has 2 aliphatic heterocycles. The van der Waals surface area contributed by atoms with E-state index in [0.29, 0.717) is 12.1 Å². The van der Waals surface area contributed by atoms with Crippen LogP contribution in [-0.2, 0) is 13.6 Å². The summed E-state index contributed by atoms with van der Waals surface area (Å²) in [7, 11) is 1.81. The van der Waals surface area contributed by atoms with Gasteiger partial charge in [0.1, 0.15) is 0 Å². The molecule has 0 aliphatic carbocycles. The van der Waals surface area contributed by atoms with Gasteiger partial charge in [-0.25, -0.2) is 0 Å². The summed E-state index contributed by atoms with van der Waals surface area (Å²) in [5.41, 5.74) is 4.48. The second-order valence-electron chi connectivity index (χ2n) is 6.95. The normalized spacial score (nSPS) is 23.6. The van der Waals surface area contributed by atoms with Crippen molar-refractivity contribution in [2.45, 2.75) is 32.0 Å². The van der Waals surface area contributed by atoms with E-state index in [9.17, 15) is 4.79 Å². The number of nitrogens with one attached hydrogen (secondary N) is 1. The molecule has 120 valence electrons. The van der Waals surface area contributed by atoms with Gasteiger partial charge < -0.3 is 9.88 Å². The minimum Gasteiger partial charge on any atom is -0.318 e. The first-order valence-corrected chi connectivity index (χ1v) is 8.34. The molecule has 0 saturated carbocycles. The highest BCUT2D eigenvalue weighted by atomic mass is 16.1. The average Bonchev–Trinajstić information content (AvgIpc) is 3.15. The maximum Gasteiger partial charge on any atom is 0.253 e. The zero-order chi connectivity index (χ0) is 16.0. The van der Waals surface area contributed by atoms with E-state index < -0.39 is 0 Å². The van der Waals surface area contributed by atoms with E-state index in [1.165, 1.54) is 18.5 Å². The van der Waals surface area contributed by atoms with Crippen LogP contribution in [0.5, 0.6) is 0 Å². The smallest absolute Gasteiger partial charge is 0.253 e. The molecular formula is C19H23N3O. The van der Waals surface area contributed by atoms with Crippen molar-refractivity contribution in [2.24, 2.45) is 7.05 Å². The average molecular weight is 309 g/mol. The van der Waals surface area contributed by atoms with Crippen molar-refractivity contribution in [3.05, 3.63) is 58.0 Å². The van der Waals surface area contributed by atoms with Crippen LogP contribution in [0.2, 0.25) is 0 Å². The van der Waals surface area contributed by atoms with Crippen molar-refractivity contribution in [1.82, 2.24) is 14.8 Å². The third-order valence-corrected chi connectivity index (χ3v) is 5.21. The zero-order valence-electron chi connectivity index (χ0n) is 13.7. The van der Waals surface area contributed by atoms with Gasteiger partial charge >= 0.3 is 0 Å². The molecule has 4 rings (SSSR count). The van der Waals surface area contributed by atoms with Crippen LogP contribution in [0.3, 0.4) is 0 Å². The van der Waals surface area contributed by atoms with Crippen molar-refractivity contribution in [3.8, 4) is 11.1 Å². The zero-order valence-corrected chi connectivity index (χ0v) is 13.7. The molecule has 2 saturated heterocycles. The Labute approximate surface area is 136 Å². The topological polar surface area (TPSA) is 37.3 Å². The summed E-state index contributed by atoms with van der Waals surface area (Å²) in [6, 6.07) is 12.2. The molecule has 3 heterocycles. The number of rotatable bonds is 3. The van der Waals surface area contributed by atoms with Gasteiger partial charge in [0.05, 0.1) is 0 Å². The lowest BCUT2D eigenvalue weighted by molar-refractivity contribution is 0.218. The van der Waals surface area contributed by atoms with Gasteiger partial charge in [-0.1, -0.05) is 24.3 Å². The second-order valence-corrected chi connectivity index (χ2v) is 6.95. The quantitative estimate of drug-likeness (QED) is 0.941. The van der Waals surface area contributed by atoms with Crippen molar-refractivity contribution >= 4 is 0 Å². The first-order valence-electron chi connectivity index (χ1n) is 8.34. The molecule has 0 radical (unpaired) electrons. The number of aromatic nitrogens is 1. The number of pyridine rings is 1. The van der Waals surface area contributed by atoms with Crippen LogP contribution in [0, 0.1) is 6.92 Å². The van der Waals surface area contributed by atoms with E-state index >= 15 is 0 Å². The van der Waals surface area contributed by atoms with Crippen molar-refractivity contribution in [1.29, 1.82) is 0 Å². The summed E-state index contributed by atoms with van der Waals surface area (Å²) in [5.74, 6) is 0. The predicted octanol–water partition coefficient (Wildman–Crippen LogP) is 1.91. The molecule has 2 bridgehead atoms.